The van der Waals surface area contributed by atoms with Crippen molar-refractivity contribution >= 4 is 0 Å². The van der Waals surface area contributed by atoms with E-state index >= 15 is 0 Å². The zero-order chi connectivity index (χ0) is 6.41. The van der Waals surface area contributed by atoms with Crippen molar-refractivity contribution in [3.05, 3.63) is 17.1 Å². The summed E-state index contributed by atoms with van der Waals surface area (Å²) in [5.74, 6) is 0. The monoisotopic (exact) mass is 113 g/mol. The van der Waals surface area contributed by atoms with Gasteiger partial charge in [0.05, 0.1) is 0 Å². The van der Waals surface area contributed by atoms with Gasteiger partial charge in [0, 0.05) is 0 Å². The average Bonchev–Trinajstić information content (AvgIpc) is 1.83. The molecule has 46 valence electrons. The van der Waals surface area contributed by atoms with E-state index < -0.39 is 0 Å². The fraction of sp³-hybridized carbons (Fsp3) is 0.667. The summed E-state index contributed by atoms with van der Waals surface area (Å²) in [5.41, 5.74) is 0. The van der Waals surface area contributed by atoms with Gasteiger partial charge in [-0.1, -0.05) is 24.3 Å². The fourth-order valence-electron chi connectivity index (χ4n) is 0.468. The first-order valence-corrected chi connectivity index (χ1v) is 2.80. The number of rotatable bonds is 3. The standard InChI is InChI=1S/C6H11NO/c1-3-5-6(4-2)7-8/h3,5-6H,4H2,1-2H3/b5-3+/t6-/m0/s1. The Morgan fingerprint density at radius 3 is 2.50 bits per heavy atom. The fourth-order valence-corrected chi connectivity index (χ4v) is 0.468. The molecule has 0 aliphatic rings. The van der Waals surface area contributed by atoms with Gasteiger partial charge in [-0.2, -0.15) is 4.91 Å². The molecule has 0 heterocycles. The third kappa shape index (κ3) is 2.50. The van der Waals surface area contributed by atoms with Crippen molar-refractivity contribution in [2.24, 2.45) is 5.18 Å². The molecule has 1 atom stereocenters. The number of hydrogen-bond donors (Lipinski definition) is 0. The molecule has 0 amide bonds. The van der Waals surface area contributed by atoms with Crippen LogP contribution in [-0.2, 0) is 0 Å². The minimum Gasteiger partial charge on any atom is -0.150 e. The molecule has 8 heavy (non-hydrogen) atoms. The Kier molecular flexibility index (Phi) is 4.13. The van der Waals surface area contributed by atoms with E-state index in [9.17, 15) is 4.91 Å². The van der Waals surface area contributed by atoms with E-state index in [4.69, 9.17) is 0 Å². The molecule has 0 aromatic heterocycles. The molecule has 0 saturated carbocycles. The van der Waals surface area contributed by atoms with Crippen molar-refractivity contribution < 1.29 is 0 Å². The first-order chi connectivity index (χ1) is 3.85. The highest BCUT2D eigenvalue weighted by Crippen LogP contribution is 1.96. The van der Waals surface area contributed by atoms with Crippen molar-refractivity contribution in [2.75, 3.05) is 0 Å². The Morgan fingerprint density at radius 2 is 2.38 bits per heavy atom. The van der Waals surface area contributed by atoms with Crippen LogP contribution in [-0.4, -0.2) is 6.04 Å². The number of allylic oxidation sites excluding steroid dienone is 1. The molecule has 2 heteroatoms. The smallest absolute Gasteiger partial charge is 0.110 e. The zero-order valence-electron chi connectivity index (χ0n) is 5.29. The average molecular weight is 113 g/mol. The molecule has 2 nitrogen and oxygen atoms in total. The zero-order valence-corrected chi connectivity index (χ0v) is 5.29. The van der Waals surface area contributed by atoms with Crippen molar-refractivity contribution in [3.63, 3.8) is 0 Å². The maximum Gasteiger partial charge on any atom is 0.110 e. The summed E-state index contributed by atoms with van der Waals surface area (Å²) in [7, 11) is 0. The molecule has 0 fully saturated rings. The Labute approximate surface area is 49.6 Å². The summed E-state index contributed by atoms with van der Waals surface area (Å²) in [6, 6.07) is -0.111. The predicted octanol–water partition coefficient (Wildman–Crippen LogP) is 2.11. The summed E-state index contributed by atoms with van der Waals surface area (Å²) in [5, 5.41) is 2.86. The van der Waals surface area contributed by atoms with Gasteiger partial charge in [-0.3, -0.25) is 0 Å². The lowest BCUT2D eigenvalue weighted by Crippen LogP contribution is -1.93. The van der Waals surface area contributed by atoms with Crippen LogP contribution in [0.15, 0.2) is 17.3 Å². The molecular weight excluding hydrogens is 102 g/mol. The van der Waals surface area contributed by atoms with Crippen LogP contribution in [0, 0.1) is 4.91 Å². The maximum absolute atomic E-state index is 9.82. The van der Waals surface area contributed by atoms with Crippen LogP contribution >= 0.6 is 0 Å². The Balaban J connectivity index is 3.52. The van der Waals surface area contributed by atoms with E-state index in [2.05, 4.69) is 5.18 Å². The molecule has 0 aliphatic heterocycles. The van der Waals surface area contributed by atoms with Gasteiger partial charge in [-0.15, -0.1) is 0 Å². The molecule has 0 saturated heterocycles. The largest absolute Gasteiger partial charge is 0.150 e. The summed E-state index contributed by atoms with van der Waals surface area (Å²) in [6.45, 7) is 3.82. The predicted molar refractivity (Wildman–Crippen MR) is 34.7 cm³/mol. The third-order valence-electron chi connectivity index (χ3n) is 0.968. The second-order valence-electron chi connectivity index (χ2n) is 1.61. The molecule has 0 unspecified atom stereocenters. The van der Waals surface area contributed by atoms with Crippen molar-refractivity contribution in [2.45, 2.75) is 26.3 Å². The molecule has 0 aliphatic carbocycles. The lowest BCUT2D eigenvalue weighted by atomic mass is 10.2. The van der Waals surface area contributed by atoms with Gasteiger partial charge in [0.1, 0.15) is 6.04 Å². The van der Waals surface area contributed by atoms with E-state index in [1.165, 1.54) is 0 Å². The Bertz CT molecular complexity index is 88.5. The third-order valence-corrected chi connectivity index (χ3v) is 0.968. The summed E-state index contributed by atoms with van der Waals surface area (Å²) >= 11 is 0. The highest BCUT2D eigenvalue weighted by atomic mass is 16.3. The van der Waals surface area contributed by atoms with Crippen LogP contribution in [0.2, 0.25) is 0 Å². The van der Waals surface area contributed by atoms with Gasteiger partial charge in [0.15, 0.2) is 0 Å². The highest BCUT2D eigenvalue weighted by molar-refractivity contribution is 4.89. The Hall–Kier alpha value is -0.660. The molecular formula is C6H11NO. The van der Waals surface area contributed by atoms with Crippen LogP contribution in [0.3, 0.4) is 0 Å². The minimum atomic E-state index is -0.111. The van der Waals surface area contributed by atoms with Crippen LogP contribution < -0.4 is 0 Å². The van der Waals surface area contributed by atoms with Crippen LogP contribution in [0.5, 0.6) is 0 Å². The first kappa shape index (κ1) is 7.34. The van der Waals surface area contributed by atoms with Crippen LogP contribution in [0.25, 0.3) is 0 Å². The van der Waals surface area contributed by atoms with Gasteiger partial charge in [-0.05, 0) is 13.3 Å². The van der Waals surface area contributed by atoms with E-state index in [0.29, 0.717) is 0 Å². The topological polar surface area (TPSA) is 29.4 Å². The molecule has 0 aromatic carbocycles. The highest BCUT2D eigenvalue weighted by Gasteiger charge is 1.95. The van der Waals surface area contributed by atoms with Gasteiger partial charge in [-0.25, -0.2) is 0 Å². The van der Waals surface area contributed by atoms with Gasteiger partial charge >= 0.3 is 0 Å². The van der Waals surface area contributed by atoms with E-state index in [1.807, 2.05) is 19.9 Å². The normalized spacial score (nSPS) is 14.2. The lowest BCUT2D eigenvalue weighted by Gasteiger charge is -1.93. The molecule has 0 aromatic rings. The van der Waals surface area contributed by atoms with Crippen LogP contribution in [0.1, 0.15) is 20.3 Å². The second kappa shape index (κ2) is 4.50. The first-order valence-electron chi connectivity index (χ1n) is 2.80. The van der Waals surface area contributed by atoms with E-state index in [-0.39, 0.29) is 6.04 Å². The summed E-state index contributed by atoms with van der Waals surface area (Å²) in [4.78, 5) is 9.82. The Morgan fingerprint density at radius 1 is 1.75 bits per heavy atom. The summed E-state index contributed by atoms with van der Waals surface area (Å²) < 4.78 is 0. The van der Waals surface area contributed by atoms with Crippen molar-refractivity contribution in [1.29, 1.82) is 0 Å². The molecule has 0 N–H and O–H groups in total. The summed E-state index contributed by atoms with van der Waals surface area (Å²) in [6.07, 6.45) is 4.44. The van der Waals surface area contributed by atoms with Gasteiger partial charge in [0.25, 0.3) is 0 Å². The number of hydrogen-bond acceptors (Lipinski definition) is 2. The number of nitrogens with zero attached hydrogens (tertiary/aromatic N) is 1. The van der Waals surface area contributed by atoms with Gasteiger partial charge < -0.3 is 0 Å². The number of nitroso groups, excluding NO2 is 1. The molecule has 0 rings (SSSR count). The minimum absolute atomic E-state index is 0.111. The quantitative estimate of drug-likeness (QED) is 0.407. The maximum atomic E-state index is 9.82. The van der Waals surface area contributed by atoms with Crippen molar-refractivity contribution in [3.8, 4) is 0 Å². The second-order valence-corrected chi connectivity index (χ2v) is 1.61. The van der Waals surface area contributed by atoms with E-state index in [0.717, 1.165) is 6.42 Å². The van der Waals surface area contributed by atoms with Gasteiger partial charge in [0.2, 0.25) is 0 Å². The molecule has 0 spiro atoms. The van der Waals surface area contributed by atoms with Crippen molar-refractivity contribution in [1.82, 2.24) is 0 Å². The van der Waals surface area contributed by atoms with Crippen LogP contribution in [0.4, 0.5) is 0 Å². The van der Waals surface area contributed by atoms with E-state index in [1.54, 1.807) is 6.08 Å². The lowest BCUT2D eigenvalue weighted by molar-refractivity contribution is 0.777. The molecule has 0 radical (unpaired) electrons. The molecule has 0 bridgehead atoms. The SMILES string of the molecule is C/C=C/[C@H](CC)N=O.